The van der Waals surface area contributed by atoms with Crippen LogP contribution < -0.4 is 10.1 Å². The molecule has 1 N–H and O–H groups in total. The Morgan fingerprint density at radius 2 is 1.59 bits per heavy atom. The molecular weight excluding hydrogens is 492 g/mol. The van der Waals surface area contributed by atoms with E-state index in [0.717, 1.165) is 22.0 Å². The fourth-order valence-corrected chi connectivity index (χ4v) is 4.02. The number of carbonyl (C=O) groups excluding carboxylic acids is 2. The van der Waals surface area contributed by atoms with Crippen molar-refractivity contribution >= 4 is 27.7 Å². The monoisotopic (exact) mass is 522 g/mol. The third-order valence-electron chi connectivity index (χ3n) is 5.62. The lowest BCUT2D eigenvalue weighted by molar-refractivity contribution is -0.143. The van der Waals surface area contributed by atoms with Gasteiger partial charge in [-0.1, -0.05) is 83.5 Å². The second kappa shape index (κ2) is 12.9. The van der Waals surface area contributed by atoms with Gasteiger partial charge in [0.05, 0.1) is 0 Å². The molecule has 2 amide bonds. The summed E-state index contributed by atoms with van der Waals surface area (Å²) < 4.78 is 6.68. The van der Waals surface area contributed by atoms with E-state index in [2.05, 4.69) is 21.2 Å². The molecule has 0 bridgehead atoms. The summed E-state index contributed by atoms with van der Waals surface area (Å²) in [7, 11) is 0. The lowest BCUT2D eigenvalue weighted by Gasteiger charge is -2.32. The molecule has 3 aromatic carbocycles. The number of hydrogen-bond donors (Lipinski definition) is 1. The molecule has 34 heavy (non-hydrogen) atoms. The average molecular weight is 523 g/mol. The fraction of sp³-hybridized carbons (Fsp3) is 0.286. The first-order chi connectivity index (χ1) is 16.5. The van der Waals surface area contributed by atoms with E-state index in [-0.39, 0.29) is 24.5 Å². The van der Waals surface area contributed by atoms with Crippen molar-refractivity contribution in [1.29, 1.82) is 0 Å². The van der Waals surface area contributed by atoms with Gasteiger partial charge in [0.2, 0.25) is 5.91 Å². The number of para-hydroxylation sites is 1. The van der Waals surface area contributed by atoms with E-state index in [1.807, 2.05) is 98.8 Å². The van der Waals surface area contributed by atoms with Gasteiger partial charge in [0.15, 0.2) is 6.61 Å². The third-order valence-corrected chi connectivity index (χ3v) is 6.11. The van der Waals surface area contributed by atoms with Crippen LogP contribution in [0.5, 0.6) is 5.75 Å². The third kappa shape index (κ3) is 7.73. The minimum absolute atomic E-state index is 0.00849. The molecule has 0 unspecified atom stereocenters. The number of rotatable bonds is 11. The summed E-state index contributed by atoms with van der Waals surface area (Å²) in [6, 6.07) is 26.1. The van der Waals surface area contributed by atoms with Crippen LogP contribution in [0.15, 0.2) is 89.4 Å². The SMILES string of the molecule is CC[C@H](C)NC(=O)[C@@H](Cc1ccccc1)N(Cc1cccc(Br)c1)C(=O)COc1ccccc1. The summed E-state index contributed by atoms with van der Waals surface area (Å²) in [5.41, 5.74) is 1.92. The normalized spacial score (nSPS) is 12.4. The summed E-state index contributed by atoms with van der Waals surface area (Å²) in [6.45, 7) is 4.13. The summed E-state index contributed by atoms with van der Waals surface area (Å²) in [6.07, 6.45) is 1.22. The van der Waals surface area contributed by atoms with E-state index in [1.165, 1.54) is 0 Å². The van der Waals surface area contributed by atoms with Gasteiger partial charge < -0.3 is 15.0 Å². The second-order valence-corrected chi connectivity index (χ2v) is 9.19. The first-order valence-corrected chi connectivity index (χ1v) is 12.3. The van der Waals surface area contributed by atoms with Gasteiger partial charge in [0, 0.05) is 23.5 Å². The van der Waals surface area contributed by atoms with E-state index in [9.17, 15) is 9.59 Å². The van der Waals surface area contributed by atoms with Gasteiger partial charge in [-0.3, -0.25) is 9.59 Å². The van der Waals surface area contributed by atoms with Crippen LogP contribution in [0.3, 0.4) is 0 Å². The van der Waals surface area contributed by atoms with Crippen LogP contribution in [0.25, 0.3) is 0 Å². The van der Waals surface area contributed by atoms with E-state index in [0.29, 0.717) is 18.7 Å². The van der Waals surface area contributed by atoms with Crippen LogP contribution in [0.4, 0.5) is 0 Å². The van der Waals surface area contributed by atoms with Crippen molar-refractivity contribution in [2.24, 2.45) is 0 Å². The van der Waals surface area contributed by atoms with Gasteiger partial charge in [-0.05, 0) is 48.7 Å². The molecule has 178 valence electrons. The lowest BCUT2D eigenvalue weighted by atomic mass is 10.0. The van der Waals surface area contributed by atoms with E-state index < -0.39 is 6.04 Å². The highest BCUT2D eigenvalue weighted by atomic mass is 79.9. The molecule has 0 radical (unpaired) electrons. The van der Waals surface area contributed by atoms with Crippen LogP contribution in [-0.2, 0) is 22.6 Å². The van der Waals surface area contributed by atoms with Crippen molar-refractivity contribution in [3.63, 3.8) is 0 Å². The Bertz CT molecular complexity index is 1060. The van der Waals surface area contributed by atoms with Crippen LogP contribution in [0.2, 0.25) is 0 Å². The standard InChI is InChI=1S/C28H31BrN2O3/c1-3-21(2)30-28(33)26(18-22-11-6-4-7-12-22)31(19-23-13-10-14-24(29)17-23)27(32)20-34-25-15-8-5-9-16-25/h4-17,21,26H,3,18-20H2,1-2H3,(H,30,33)/t21-,26+/m0/s1. The van der Waals surface area contributed by atoms with Gasteiger partial charge in [-0.15, -0.1) is 0 Å². The molecule has 2 atom stereocenters. The van der Waals surface area contributed by atoms with Crippen molar-refractivity contribution in [3.8, 4) is 5.75 Å². The fourth-order valence-electron chi connectivity index (χ4n) is 3.57. The van der Waals surface area contributed by atoms with Crippen molar-refractivity contribution < 1.29 is 14.3 Å². The van der Waals surface area contributed by atoms with Crippen LogP contribution in [0, 0.1) is 0 Å². The molecule has 0 aromatic heterocycles. The summed E-state index contributed by atoms with van der Waals surface area (Å²) in [5.74, 6) is 0.201. The Labute approximate surface area is 210 Å². The number of amides is 2. The number of hydrogen-bond acceptors (Lipinski definition) is 3. The highest BCUT2D eigenvalue weighted by Gasteiger charge is 2.31. The van der Waals surface area contributed by atoms with Gasteiger partial charge in [-0.25, -0.2) is 0 Å². The highest BCUT2D eigenvalue weighted by molar-refractivity contribution is 9.10. The van der Waals surface area contributed by atoms with Gasteiger partial charge in [0.1, 0.15) is 11.8 Å². The van der Waals surface area contributed by atoms with Crippen molar-refractivity contribution in [1.82, 2.24) is 10.2 Å². The molecule has 0 saturated carbocycles. The maximum atomic E-state index is 13.5. The topological polar surface area (TPSA) is 58.6 Å². The number of ether oxygens (including phenoxy) is 1. The first-order valence-electron chi connectivity index (χ1n) is 11.5. The Morgan fingerprint density at radius 3 is 2.24 bits per heavy atom. The van der Waals surface area contributed by atoms with Crippen LogP contribution >= 0.6 is 15.9 Å². The Hall–Kier alpha value is -3.12. The quantitative estimate of drug-likeness (QED) is 0.367. The molecule has 3 rings (SSSR count). The van der Waals surface area contributed by atoms with Gasteiger partial charge in [0.25, 0.3) is 5.91 Å². The number of carbonyl (C=O) groups is 2. The zero-order chi connectivity index (χ0) is 24.3. The Morgan fingerprint density at radius 1 is 0.941 bits per heavy atom. The molecule has 5 nitrogen and oxygen atoms in total. The predicted molar refractivity (Wildman–Crippen MR) is 138 cm³/mol. The Balaban J connectivity index is 1.91. The zero-order valence-electron chi connectivity index (χ0n) is 19.6. The number of halogens is 1. The summed E-state index contributed by atoms with van der Waals surface area (Å²) in [5, 5.41) is 3.07. The van der Waals surface area contributed by atoms with E-state index in [1.54, 1.807) is 4.90 Å². The second-order valence-electron chi connectivity index (χ2n) is 8.28. The van der Waals surface area contributed by atoms with Crippen molar-refractivity contribution in [2.45, 2.75) is 45.3 Å². The van der Waals surface area contributed by atoms with Crippen molar-refractivity contribution in [3.05, 3.63) is 101 Å². The van der Waals surface area contributed by atoms with Crippen LogP contribution in [0.1, 0.15) is 31.4 Å². The van der Waals surface area contributed by atoms with E-state index >= 15 is 0 Å². The average Bonchev–Trinajstić information content (AvgIpc) is 2.85. The number of nitrogens with zero attached hydrogens (tertiary/aromatic N) is 1. The molecule has 0 fully saturated rings. The van der Waals surface area contributed by atoms with Gasteiger partial charge in [-0.2, -0.15) is 0 Å². The molecule has 0 spiro atoms. The van der Waals surface area contributed by atoms with Crippen molar-refractivity contribution in [2.75, 3.05) is 6.61 Å². The predicted octanol–water partition coefficient (Wildman–Crippen LogP) is 5.38. The molecule has 0 aliphatic rings. The molecule has 3 aromatic rings. The minimum atomic E-state index is -0.678. The molecule has 6 heteroatoms. The molecule has 0 aliphatic carbocycles. The molecule has 0 saturated heterocycles. The smallest absolute Gasteiger partial charge is 0.261 e. The minimum Gasteiger partial charge on any atom is -0.484 e. The summed E-state index contributed by atoms with van der Waals surface area (Å²) >= 11 is 3.50. The maximum Gasteiger partial charge on any atom is 0.261 e. The Kier molecular flexibility index (Phi) is 9.71. The zero-order valence-corrected chi connectivity index (χ0v) is 21.2. The highest BCUT2D eigenvalue weighted by Crippen LogP contribution is 2.19. The molecular formula is C28H31BrN2O3. The first kappa shape index (κ1) is 25.5. The maximum absolute atomic E-state index is 13.5. The number of benzene rings is 3. The molecule has 0 heterocycles. The lowest BCUT2D eigenvalue weighted by Crippen LogP contribution is -2.53. The summed E-state index contributed by atoms with van der Waals surface area (Å²) in [4.78, 5) is 28.6. The number of nitrogens with one attached hydrogen (secondary N) is 1. The van der Waals surface area contributed by atoms with E-state index in [4.69, 9.17) is 4.74 Å². The largest absolute Gasteiger partial charge is 0.484 e. The molecule has 0 aliphatic heterocycles. The van der Waals surface area contributed by atoms with Crippen LogP contribution in [-0.4, -0.2) is 35.4 Å². The van der Waals surface area contributed by atoms with Gasteiger partial charge >= 0.3 is 0 Å².